The fourth-order valence-electron chi connectivity index (χ4n) is 1.92. The van der Waals surface area contributed by atoms with E-state index in [9.17, 15) is 4.79 Å². The summed E-state index contributed by atoms with van der Waals surface area (Å²) in [6, 6.07) is 9.20. The largest absolute Gasteiger partial charge is 0.479 e. The molecule has 1 saturated heterocycles. The Bertz CT molecular complexity index is 434. The van der Waals surface area contributed by atoms with E-state index >= 15 is 0 Å². The van der Waals surface area contributed by atoms with Crippen LogP contribution in [0.2, 0.25) is 0 Å². The van der Waals surface area contributed by atoms with Gasteiger partial charge in [0.15, 0.2) is 6.61 Å². The molecule has 2 rings (SSSR count). The molecule has 1 aromatic carbocycles. The van der Waals surface area contributed by atoms with Gasteiger partial charge in [-0.05, 0) is 37.1 Å². The number of carbonyl (C=O) groups excluding carboxylic acids is 1. The standard InChI is InChI=1S/C13H14N2O2/c14-8-10-17-12-6-4-11(5-7-12)15-9-2-1-3-13(15)16/h4-7H,1-3,9-10H2. The number of anilines is 1. The van der Waals surface area contributed by atoms with E-state index in [1.807, 2.05) is 18.2 Å². The first kappa shape index (κ1) is 11.5. The Hall–Kier alpha value is -2.02. The zero-order valence-electron chi connectivity index (χ0n) is 9.56. The number of piperidine rings is 1. The van der Waals surface area contributed by atoms with Crippen molar-refractivity contribution in [1.29, 1.82) is 5.26 Å². The molecule has 0 radical (unpaired) electrons. The summed E-state index contributed by atoms with van der Waals surface area (Å²) >= 11 is 0. The quantitative estimate of drug-likeness (QED) is 0.799. The summed E-state index contributed by atoms with van der Waals surface area (Å²) in [7, 11) is 0. The van der Waals surface area contributed by atoms with E-state index < -0.39 is 0 Å². The molecule has 4 heteroatoms. The lowest BCUT2D eigenvalue weighted by Crippen LogP contribution is -2.35. The summed E-state index contributed by atoms with van der Waals surface area (Å²) < 4.78 is 5.16. The highest BCUT2D eigenvalue weighted by atomic mass is 16.5. The van der Waals surface area contributed by atoms with Crippen LogP contribution in [0.3, 0.4) is 0 Å². The van der Waals surface area contributed by atoms with Crippen LogP contribution in [0, 0.1) is 11.3 Å². The number of benzene rings is 1. The van der Waals surface area contributed by atoms with E-state index in [1.165, 1.54) is 0 Å². The van der Waals surface area contributed by atoms with Crippen LogP contribution in [0.25, 0.3) is 0 Å². The van der Waals surface area contributed by atoms with Gasteiger partial charge in [-0.3, -0.25) is 4.79 Å². The first-order valence-corrected chi connectivity index (χ1v) is 5.71. The number of rotatable bonds is 3. The lowest BCUT2D eigenvalue weighted by Gasteiger charge is -2.26. The molecule has 17 heavy (non-hydrogen) atoms. The SMILES string of the molecule is N#CCOc1ccc(N2CCCCC2=O)cc1. The lowest BCUT2D eigenvalue weighted by molar-refractivity contribution is -0.119. The molecule has 1 aliphatic heterocycles. The molecule has 1 aromatic rings. The molecule has 4 nitrogen and oxygen atoms in total. The van der Waals surface area contributed by atoms with Crippen LogP contribution in [-0.2, 0) is 4.79 Å². The minimum Gasteiger partial charge on any atom is -0.479 e. The van der Waals surface area contributed by atoms with Gasteiger partial charge in [0.1, 0.15) is 11.8 Å². The summed E-state index contributed by atoms with van der Waals surface area (Å²) in [5, 5.41) is 8.39. The Kier molecular flexibility index (Phi) is 3.61. The molecular weight excluding hydrogens is 216 g/mol. The zero-order valence-corrected chi connectivity index (χ0v) is 9.56. The molecule has 1 heterocycles. The third-order valence-electron chi connectivity index (χ3n) is 2.78. The van der Waals surface area contributed by atoms with Crippen molar-refractivity contribution in [1.82, 2.24) is 0 Å². The zero-order chi connectivity index (χ0) is 12.1. The van der Waals surface area contributed by atoms with E-state index in [0.717, 1.165) is 25.1 Å². The van der Waals surface area contributed by atoms with Crippen molar-refractivity contribution < 1.29 is 9.53 Å². The van der Waals surface area contributed by atoms with Crippen LogP contribution in [-0.4, -0.2) is 19.1 Å². The first-order chi connectivity index (χ1) is 8.31. The number of ether oxygens (including phenoxy) is 1. The Labute approximate surface area is 100 Å². The molecule has 0 unspecified atom stereocenters. The molecule has 0 aliphatic carbocycles. The number of amides is 1. The van der Waals surface area contributed by atoms with Gasteiger partial charge in [-0.1, -0.05) is 0 Å². The van der Waals surface area contributed by atoms with Crippen LogP contribution in [0.15, 0.2) is 24.3 Å². The third-order valence-corrected chi connectivity index (χ3v) is 2.78. The van der Waals surface area contributed by atoms with Gasteiger partial charge >= 0.3 is 0 Å². The Morgan fingerprint density at radius 1 is 1.29 bits per heavy atom. The molecular formula is C13H14N2O2. The third kappa shape index (κ3) is 2.76. The molecule has 0 saturated carbocycles. The number of hydrogen-bond donors (Lipinski definition) is 0. The van der Waals surface area contributed by atoms with Crippen molar-refractivity contribution >= 4 is 11.6 Å². The van der Waals surface area contributed by atoms with Crippen LogP contribution in [0.5, 0.6) is 5.75 Å². The molecule has 1 fully saturated rings. The van der Waals surface area contributed by atoms with Gasteiger partial charge < -0.3 is 9.64 Å². The van der Waals surface area contributed by atoms with Gasteiger partial charge in [0.05, 0.1) is 0 Å². The maximum atomic E-state index is 11.7. The predicted octanol–water partition coefficient (Wildman–Crippen LogP) is 2.11. The lowest BCUT2D eigenvalue weighted by atomic mass is 10.1. The highest BCUT2D eigenvalue weighted by Crippen LogP contribution is 2.23. The van der Waals surface area contributed by atoms with E-state index in [2.05, 4.69) is 0 Å². The Morgan fingerprint density at radius 2 is 2.06 bits per heavy atom. The molecule has 88 valence electrons. The fraction of sp³-hybridized carbons (Fsp3) is 0.385. The average molecular weight is 230 g/mol. The van der Waals surface area contributed by atoms with Crippen LogP contribution < -0.4 is 9.64 Å². The number of hydrogen-bond acceptors (Lipinski definition) is 3. The second-order valence-electron chi connectivity index (χ2n) is 3.94. The molecule has 0 aromatic heterocycles. The van der Waals surface area contributed by atoms with E-state index in [-0.39, 0.29) is 12.5 Å². The van der Waals surface area contributed by atoms with Gasteiger partial charge in [0.25, 0.3) is 0 Å². The van der Waals surface area contributed by atoms with Crippen molar-refractivity contribution in [3.63, 3.8) is 0 Å². The summed E-state index contributed by atoms with van der Waals surface area (Å²) in [6.45, 7) is 0.833. The summed E-state index contributed by atoms with van der Waals surface area (Å²) in [4.78, 5) is 13.5. The average Bonchev–Trinajstić information content (AvgIpc) is 2.38. The van der Waals surface area contributed by atoms with Gasteiger partial charge in [-0.2, -0.15) is 5.26 Å². The highest BCUT2D eigenvalue weighted by Gasteiger charge is 2.19. The molecule has 0 N–H and O–H groups in total. The molecule has 1 aliphatic rings. The van der Waals surface area contributed by atoms with Crippen molar-refractivity contribution in [2.24, 2.45) is 0 Å². The van der Waals surface area contributed by atoms with E-state index in [0.29, 0.717) is 12.2 Å². The summed E-state index contributed by atoms with van der Waals surface area (Å²) in [5.41, 5.74) is 0.902. The fourth-order valence-corrected chi connectivity index (χ4v) is 1.92. The first-order valence-electron chi connectivity index (χ1n) is 5.71. The normalized spacial score (nSPS) is 15.5. The van der Waals surface area contributed by atoms with E-state index in [4.69, 9.17) is 10.00 Å². The van der Waals surface area contributed by atoms with Gasteiger partial charge in [0.2, 0.25) is 5.91 Å². The van der Waals surface area contributed by atoms with E-state index in [1.54, 1.807) is 17.0 Å². The van der Waals surface area contributed by atoms with Crippen molar-refractivity contribution in [3.05, 3.63) is 24.3 Å². The number of nitrogens with zero attached hydrogens (tertiary/aromatic N) is 2. The van der Waals surface area contributed by atoms with Gasteiger partial charge in [0, 0.05) is 18.7 Å². The maximum absolute atomic E-state index is 11.7. The Morgan fingerprint density at radius 3 is 2.71 bits per heavy atom. The van der Waals surface area contributed by atoms with Gasteiger partial charge in [-0.25, -0.2) is 0 Å². The van der Waals surface area contributed by atoms with Crippen molar-refractivity contribution in [2.45, 2.75) is 19.3 Å². The number of nitriles is 1. The van der Waals surface area contributed by atoms with Crippen LogP contribution in [0.1, 0.15) is 19.3 Å². The number of carbonyl (C=O) groups is 1. The predicted molar refractivity (Wildman–Crippen MR) is 63.8 cm³/mol. The maximum Gasteiger partial charge on any atom is 0.226 e. The monoisotopic (exact) mass is 230 g/mol. The molecule has 0 atom stereocenters. The highest BCUT2D eigenvalue weighted by molar-refractivity contribution is 5.93. The van der Waals surface area contributed by atoms with Crippen LogP contribution >= 0.6 is 0 Å². The van der Waals surface area contributed by atoms with Gasteiger partial charge in [-0.15, -0.1) is 0 Å². The molecule has 0 bridgehead atoms. The minimum absolute atomic E-state index is 0.0436. The molecule has 1 amide bonds. The van der Waals surface area contributed by atoms with Crippen LogP contribution in [0.4, 0.5) is 5.69 Å². The summed E-state index contributed by atoms with van der Waals surface area (Å²) in [6.07, 6.45) is 2.67. The second kappa shape index (κ2) is 5.35. The summed E-state index contributed by atoms with van der Waals surface area (Å²) in [5.74, 6) is 0.835. The topological polar surface area (TPSA) is 53.3 Å². The van der Waals surface area contributed by atoms with Crippen molar-refractivity contribution in [2.75, 3.05) is 18.1 Å². The van der Waals surface area contributed by atoms with Crippen molar-refractivity contribution in [3.8, 4) is 11.8 Å². The smallest absolute Gasteiger partial charge is 0.226 e. The second-order valence-corrected chi connectivity index (χ2v) is 3.94. The Balaban J connectivity index is 2.06. The minimum atomic E-state index is 0.0436. The molecule has 0 spiro atoms.